The van der Waals surface area contributed by atoms with Crippen molar-refractivity contribution in [3.63, 3.8) is 0 Å². The number of benzene rings is 1. The number of hydrogen-bond donors (Lipinski definition) is 1. The van der Waals surface area contributed by atoms with Crippen molar-refractivity contribution < 1.29 is 14.3 Å². The van der Waals surface area contributed by atoms with E-state index < -0.39 is 12.1 Å². The van der Waals surface area contributed by atoms with Gasteiger partial charge in [-0.15, -0.1) is 0 Å². The van der Waals surface area contributed by atoms with Crippen LogP contribution in [0.3, 0.4) is 0 Å². The Morgan fingerprint density at radius 3 is 2.41 bits per heavy atom. The van der Waals surface area contributed by atoms with Gasteiger partial charge in [-0.2, -0.15) is 0 Å². The van der Waals surface area contributed by atoms with E-state index in [0.717, 1.165) is 24.8 Å². The van der Waals surface area contributed by atoms with Crippen LogP contribution in [0.4, 0.5) is 0 Å². The van der Waals surface area contributed by atoms with Crippen LogP contribution in [-0.2, 0) is 14.3 Å². The van der Waals surface area contributed by atoms with Gasteiger partial charge < -0.3 is 15.0 Å². The first-order valence-corrected chi connectivity index (χ1v) is 9.92. The second kappa shape index (κ2) is 7.27. The normalized spacial score (nSPS) is 24.8. The molecular formula is C22H32N2O3. The van der Waals surface area contributed by atoms with Gasteiger partial charge in [0.1, 0.15) is 6.61 Å². The summed E-state index contributed by atoms with van der Waals surface area (Å²) in [6.45, 7) is 10.5. The fourth-order valence-corrected chi connectivity index (χ4v) is 4.29. The molecule has 2 fully saturated rings. The summed E-state index contributed by atoms with van der Waals surface area (Å²) in [7, 11) is 0. The quantitative estimate of drug-likeness (QED) is 0.861. The zero-order chi connectivity index (χ0) is 19.8. The van der Waals surface area contributed by atoms with Crippen molar-refractivity contribution in [1.82, 2.24) is 10.2 Å². The van der Waals surface area contributed by atoms with Crippen LogP contribution in [0, 0.1) is 5.41 Å². The monoisotopic (exact) mass is 372 g/mol. The predicted molar refractivity (Wildman–Crippen MR) is 105 cm³/mol. The summed E-state index contributed by atoms with van der Waals surface area (Å²) in [5, 5.41) is 3.27. The minimum Gasteiger partial charge on any atom is -0.356 e. The van der Waals surface area contributed by atoms with E-state index in [2.05, 4.69) is 26.1 Å². The van der Waals surface area contributed by atoms with E-state index in [9.17, 15) is 9.59 Å². The van der Waals surface area contributed by atoms with Crippen LogP contribution in [0.25, 0.3) is 0 Å². The number of ether oxygens (including phenoxy) is 1. The van der Waals surface area contributed by atoms with Gasteiger partial charge in [0.05, 0.1) is 6.04 Å². The Kier molecular flexibility index (Phi) is 5.35. The number of rotatable bonds is 5. The third-order valence-corrected chi connectivity index (χ3v) is 5.33. The van der Waals surface area contributed by atoms with Crippen molar-refractivity contribution in [2.45, 2.75) is 77.6 Å². The van der Waals surface area contributed by atoms with E-state index in [0.29, 0.717) is 0 Å². The maximum absolute atomic E-state index is 13.2. The predicted octanol–water partition coefficient (Wildman–Crippen LogP) is 3.45. The molecular weight excluding hydrogens is 340 g/mol. The lowest BCUT2D eigenvalue weighted by atomic mass is 9.86. The molecule has 5 nitrogen and oxygen atoms in total. The molecule has 0 aromatic heterocycles. The number of hydrogen-bond acceptors (Lipinski definition) is 3. The third-order valence-electron chi connectivity index (χ3n) is 5.33. The Balaban J connectivity index is 1.86. The van der Waals surface area contributed by atoms with Gasteiger partial charge in [-0.05, 0) is 44.1 Å². The van der Waals surface area contributed by atoms with Crippen molar-refractivity contribution in [2.24, 2.45) is 5.41 Å². The van der Waals surface area contributed by atoms with E-state index in [1.807, 2.05) is 44.2 Å². The van der Waals surface area contributed by atoms with E-state index >= 15 is 0 Å². The average molecular weight is 373 g/mol. The van der Waals surface area contributed by atoms with Crippen molar-refractivity contribution in [3.8, 4) is 0 Å². The van der Waals surface area contributed by atoms with E-state index in [-0.39, 0.29) is 35.4 Å². The number of carbonyl (C=O) groups is 2. The Bertz CT molecular complexity index is 689. The van der Waals surface area contributed by atoms with Gasteiger partial charge in [0.15, 0.2) is 6.10 Å². The van der Waals surface area contributed by atoms with Gasteiger partial charge in [0.2, 0.25) is 5.91 Å². The van der Waals surface area contributed by atoms with E-state index in [4.69, 9.17) is 4.74 Å². The fraction of sp³-hybridized carbons (Fsp3) is 0.636. The molecule has 27 heavy (non-hydrogen) atoms. The number of amides is 2. The lowest BCUT2D eigenvalue weighted by molar-refractivity contribution is -0.167. The molecule has 0 bridgehead atoms. The molecule has 1 aromatic carbocycles. The largest absolute Gasteiger partial charge is 0.356 e. The first-order valence-electron chi connectivity index (χ1n) is 9.92. The molecule has 0 spiro atoms. The molecule has 1 N–H and O–H groups in total. The number of nitrogens with one attached hydrogen (secondary N) is 1. The highest BCUT2D eigenvalue weighted by atomic mass is 16.5. The van der Waals surface area contributed by atoms with Crippen LogP contribution in [0.1, 0.15) is 65.5 Å². The molecule has 1 aromatic rings. The Hall–Kier alpha value is -1.88. The van der Waals surface area contributed by atoms with Crippen molar-refractivity contribution in [3.05, 3.63) is 35.9 Å². The smallest absolute Gasteiger partial charge is 0.252 e. The first kappa shape index (κ1) is 19.9. The minimum atomic E-state index is -0.690. The van der Waals surface area contributed by atoms with Gasteiger partial charge in [-0.25, -0.2) is 0 Å². The molecule has 2 amide bonds. The second-order valence-corrected chi connectivity index (χ2v) is 9.49. The zero-order valence-corrected chi connectivity index (χ0v) is 17.1. The highest BCUT2D eigenvalue weighted by Crippen LogP contribution is 2.45. The van der Waals surface area contributed by atoms with E-state index in [1.54, 1.807) is 4.90 Å². The maximum Gasteiger partial charge on any atom is 0.252 e. The summed E-state index contributed by atoms with van der Waals surface area (Å²) in [6.07, 6.45) is 2.27. The molecule has 0 unspecified atom stereocenters. The number of carbonyl (C=O) groups excluding carboxylic acids is 2. The molecule has 3 rings (SSSR count). The highest BCUT2D eigenvalue weighted by molar-refractivity contribution is 5.87. The Morgan fingerprint density at radius 2 is 1.89 bits per heavy atom. The highest BCUT2D eigenvalue weighted by Gasteiger charge is 2.50. The molecule has 1 saturated carbocycles. The standard InChI is InChI=1S/C22H32N2O3/c1-15(2)24-17(25)13-27-19(18(24)16-9-7-6-8-10-16)20(26)23-22(11-12-22)14-21(3,4)5/h6-10,15,18-19H,11-14H2,1-5H3,(H,23,26)/t18-,19+/m1/s1. The minimum absolute atomic E-state index is 0.00799. The summed E-state index contributed by atoms with van der Waals surface area (Å²) in [5.41, 5.74) is 0.958. The molecule has 2 atom stereocenters. The molecule has 1 aliphatic carbocycles. The van der Waals surface area contributed by atoms with Crippen LogP contribution in [0.5, 0.6) is 0 Å². The van der Waals surface area contributed by atoms with Crippen molar-refractivity contribution >= 4 is 11.8 Å². The topological polar surface area (TPSA) is 58.6 Å². The summed E-state index contributed by atoms with van der Waals surface area (Å²) in [5.74, 6) is -0.178. The molecule has 2 aliphatic rings. The summed E-state index contributed by atoms with van der Waals surface area (Å²) in [4.78, 5) is 27.6. The molecule has 1 saturated heterocycles. The molecule has 1 aliphatic heterocycles. The zero-order valence-electron chi connectivity index (χ0n) is 17.1. The first-order chi connectivity index (χ1) is 12.6. The van der Waals surface area contributed by atoms with Gasteiger partial charge in [0, 0.05) is 11.6 Å². The molecule has 1 heterocycles. The van der Waals surface area contributed by atoms with Gasteiger partial charge in [0.25, 0.3) is 5.91 Å². The van der Waals surface area contributed by atoms with Crippen LogP contribution in [0.2, 0.25) is 0 Å². The lowest BCUT2D eigenvalue weighted by Gasteiger charge is -2.43. The maximum atomic E-state index is 13.2. The Morgan fingerprint density at radius 1 is 1.26 bits per heavy atom. The molecule has 148 valence electrons. The summed E-state index contributed by atoms with van der Waals surface area (Å²) >= 11 is 0. The summed E-state index contributed by atoms with van der Waals surface area (Å²) in [6, 6.07) is 9.32. The van der Waals surface area contributed by atoms with Crippen LogP contribution >= 0.6 is 0 Å². The molecule has 5 heteroatoms. The van der Waals surface area contributed by atoms with Gasteiger partial charge >= 0.3 is 0 Å². The fourth-order valence-electron chi connectivity index (χ4n) is 4.29. The van der Waals surface area contributed by atoms with Crippen molar-refractivity contribution in [1.29, 1.82) is 0 Å². The average Bonchev–Trinajstić information content (AvgIpc) is 3.31. The third kappa shape index (κ3) is 4.52. The van der Waals surface area contributed by atoms with Crippen LogP contribution in [-0.4, -0.2) is 41.0 Å². The summed E-state index contributed by atoms with van der Waals surface area (Å²) < 4.78 is 5.80. The van der Waals surface area contributed by atoms with Crippen LogP contribution in [0.15, 0.2) is 30.3 Å². The Labute approximate surface area is 162 Å². The number of nitrogens with zero attached hydrogens (tertiary/aromatic N) is 1. The van der Waals surface area contributed by atoms with Gasteiger partial charge in [-0.1, -0.05) is 51.1 Å². The van der Waals surface area contributed by atoms with Crippen LogP contribution < -0.4 is 5.32 Å². The molecule has 0 radical (unpaired) electrons. The van der Waals surface area contributed by atoms with Gasteiger partial charge in [-0.3, -0.25) is 9.59 Å². The second-order valence-electron chi connectivity index (χ2n) is 9.49. The van der Waals surface area contributed by atoms with Crippen molar-refractivity contribution in [2.75, 3.05) is 6.61 Å². The SMILES string of the molecule is CC(C)N1C(=O)CO[C@H](C(=O)NC2(CC(C)(C)C)CC2)[C@H]1c1ccccc1. The lowest BCUT2D eigenvalue weighted by Crippen LogP contribution is -2.57. The van der Waals surface area contributed by atoms with E-state index in [1.165, 1.54) is 0 Å². The number of morpholine rings is 1.